The van der Waals surface area contributed by atoms with E-state index in [1.807, 2.05) is 36.4 Å². The average molecular weight is 415 g/mol. The summed E-state index contributed by atoms with van der Waals surface area (Å²) >= 11 is 0. The Morgan fingerprint density at radius 1 is 0.968 bits per heavy atom. The molecule has 8 nitrogen and oxygen atoms in total. The first-order valence-corrected chi connectivity index (χ1v) is 9.98. The summed E-state index contributed by atoms with van der Waals surface area (Å²) in [7, 11) is 0. The largest absolute Gasteiger partial charge is 0.326 e. The molecule has 0 spiro atoms. The lowest BCUT2D eigenvalue weighted by Gasteiger charge is -2.11. The second-order valence-corrected chi connectivity index (χ2v) is 7.12. The third-order valence-corrected chi connectivity index (χ3v) is 4.88. The van der Waals surface area contributed by atoms with Gasteiger partial charge in [0.1, 0.15) is 0 Å². The number of hydrogen-bond acceptors (Lipinski definition) is 5. The zero-order chi connectivity index (χ0) is 21.6. The van der Waals surface area contributed by atoms with Crippen molar-refractivity contribution in [3.63, 3.8) is 0 Å². The van der Waals surface area contributed by atoms with E-state index >= 15 is 0 Å². The van der Waals surface area contributed by atoms with Gasteiger partial charge in [-0.1, -0.05) is 42.5 Å². The van der Waals surface area contributed by atoms with Gasteiger partial charge in [-0.3, -0.25) is 14.4 Å². The zero-order valence-electron chi connectivity index (χ0n) is 16.7. The highest BCUT2D eigenvalue weighted by Gasteiger charge is 2.21. The minimum absolute atomic E-state index is 0.0622. The van der Waals surface area contributed by atoms with Crippen molar-refractivity contribution in [3.8, 4) is 11.3 Å². The summed E-state index contributed by atoms with van der Waals surface area (Å²) in [5.74, 6) is -0.432. The standard InChI is InChI=1S/C23H21N5O3/c29-21(24-18-8-4-7-17(15-18)19-9-10-22(30)26-25-19)11-12-23(31)28-14-13-20(27-28)16-5-2-1-3-6-16/h1-10,15H,11-14H2,(H,24,29)(H,26,30). The van der Waals surface area contributed by atoms with Crippen LogP contribution in [-0.4, -0.2) is 39.3 Å². The summed E-state index contributed by atoms with van der Waals surface area (Å²) in [6, 6.07) is 19.9. The van der Waals surface area contributed by atoms with Gasteiger partial charge in [-0.15, -0.1) is 0 Å². The van der Waals surface area contributed by atoms with Gasteiger partial charge in [-0.05, 0) is 23.8 Å². The molecule has 2 N–H and O–H groups in total. The molecule has 0 unspecified atom stereocenters. The molecule has 2 amide bonds. The fourth-order valence-corrected chi connectivity index (χ4v) is 3.31. The summed E-state index contributed by atoms with van der Waals surface area (Å²) in [6.45, 7) is 0.527. The molecule has 3 aromatic rings. The molecule has 0 radical (unpaired) electrons. The SMILES string of the molecule is O=C(CCC(=O)N1CCC(c2ccccc2)=N1)Nc1cccc(-c2ccc(=O)[nH]n2)c1. The molecule has 0 fully saturated rings. The lowest BCUT2D eigenvalue weighted by Crippen LogP contribution is -2.25. The monoisotopic (exact) mass is 415 g/mol. The molecular weight excluding hydrogens is 394 g/mol. The maximum Gasteiger partial charge on any atom is 0.264 e. The Labute approximate surface area is 178 Å². The van der Waals surface area contributed by atoms with Crippen LogP contribution in [0.4, 0.5) is 5.69 Å². The Hall–Kier alpha value is -4.07. The summed E-state index contributed by atoms with van der Waals surface area (Å²) in [5.41, 5.74) is 3.54. The van der Waals surface area contributed by atoms with Crippen LogP contribution in [0, 0.1) is 0 Å². The van der Waals surface area contributed by atoms with Crippen LogP contribution < -0.4 is 10.9 Å². The van der Waals surface area contributed by atoms with E-state index < -0.39 is 0 Å². The molecule has 156 valence electrons. The Kier molecular flexibility index (Phi) is 5.98. The second-order valence-electron chi connectivity index (χ2n) is 7.12. The van der Waals surface area contributed by atoms with Crippen LogP contribution in [0.3, 0.4) is 0 Å². The van der Waals surface area contributed by atoms with E-state index in [4.69, 9.17) is 0 Å². The van der Waals surface area contributed by atoms with Crippen molar-refractivity contribution in [2.75, 3.05) is 11.9 Å². The molecule has 1 aromatic heterocycles. The van der Waals surface area contributed by atoms with Gasteiger partial charge >= 0.3 is 0 Å². The number of nitrogens with zero attached hydrogens (tertiary/aromatic N) is 3. The molecule has 2 heterocycles. The molecule has 0 saturated carbocycles. The first-order chi connectivity index (χ1) is 15.1. The average Bonchev–Trinajstić information content (AvgIpc) is 3.29. The summed E-state index contributed by atoms with van der Waals surface area (Å²) in [5, 5.41) is 15.0. The van der Waals surface area contributed by atoms with Gasteiger partial charge in [-0.2, -0.15) is 10.2 Å². The van der Waals surface area contributed by atoms with Gasteiger partial charge in [0.2, 0.25) is 11.8 Å². The Bertz CT molecular complexity index is 1170. The van der Waals surface area contributed by atoms with Crippen LogP contribution in [0.15, 0.2) is 76.6 Å². The quantitative estimate of drug-likeness (QED) is 0.645. The number of amides is 2. The van der Waals surface area contributed by atoms with E-state index in [2.05, 4.69) is 20.6 Å². The number of hydrazone groups is 1. The third kappa shape index (κ3) is 5.11. The van der Waals surface area contributed by atoms with Gasteiger partial charge in [0.05, 0.1) is 18.0 Å². The minimum Gasteiger partial charge on any atom is -0.326 e. The minimum atomic E-state index is -0.281. The van der Waals surface area contributed by atoms with Crippen molar-refractivity contribution in [2.45, 2.75) is 19.3 Å². The molecule has 0 atom stereocenters. The second kappa shape index (κ2) is 9.17. The van der Waals surface area contributed by atoms with Crippen molar-refractivity contribution in [2.24, 2.45) is 5.10 Å². The lowest BCUT2D eigenvalue weighted by atomic mass is 10.1. The Morgan fingerprint density at radius 2 is 1.77 bits per heavy atom. The zero-order valence-corrected chi connectivity index (χ0v) is 16.7. The summed E-state index contributed by atoms with van der Waals surface area (Å²) in [6.07, 6.45) is 0.846. The van der Waals surface area contributed by atoms with Gasteiger partial charge < -0.3 is 5.32 Å². The lowest BCUT2D eigenvalue weighted by molar-refractivity contribution is -0.132. The van der Waals surface area contributed by atoms with Crippen LogP contribution in [0.25, 0.3) is 11.3 Å². The number of rotatable bonds is 6. The van der Waals surface area contributed by atoms with Crippen LogP contribution in [0.2, 0.25) is 0 Å². The number of carbonyl (C=O) groups is 2. The predicted molar refractivity (Wildman–Crippen MR) is 117 cm³/mol. The molecule has 8 heteroatoms. The van der Waals surface area contributed by atoms with E-state index in [1.165, 1.54) is 11.1 Å². The van der Waals surface area contributed by atoms with Crippen molar-refractivity contribution in [3.05, 3.63) is 82.6 Å². The van der Waals surface area contributed by atoms with Crippen LogP contribution in [-0.2, 0) is 9.59 Å². The van der Waals surface area contributed by atoms with Gasteiger partial charge in [-0.25, -0.2) is 10.1 Å². The fraction of sp³-hybridized carbons (Fsp3) is 0.174. The van der Waals surface area contributed by atoms with Crippen LogP contribution >= 0.6 is 0 Å². The molecule has 1 aliphatic rings. The molecule has 0 aliphatic carbocycles. The van der Waals surface area contributed by atoms with E-state index in [1.54, 1.807) is 24.3 Å². The highest BCUT2D eigenvalue weighted by atomic mass is 16.2. The van der Waals surface area contributed by atoms with Gasteiger partial charge in [0.15, 0.2) is 0 Å². The number of aromatic nitrogens is 2. The molecular formula is C23H21N5O3. The Balaban J connectivity index is 1.32. The maximum absolute atomic E-state index is 12.4. The van der Waals surface area contributed by atoms with Gasteiger partial charge in [0, 0.05) is 36.6 Å². The van der Waals surface area contributed by atoms with Crippen LogP contribution in [0.1, 0.15) is 24.8 Å². The first-order valence-electron chi connectivity index (χ1n) is 9.98. The van der Waals surface area contributed by atoms with Crippen molar-refractivity contribution < 1.29 is 9.59 Å². The van der Waals surface area contributed by atoms with Crippen molar-refractivity contribution >= 4 is 23.2 Å². The number of anilines is 1. The first kappa shape index (κ1) is 20.2. The molecule has 4 rings (SSSR count). The smallest absolute Gasteiger partial charge is 0.264 e. The number of hydrogen-bond donors (Lipinski definition) is 2. The molecule has 2 aromatic carbocycles. The van der Waals surface area contributed by atoms with Gasteiger partial charge in [0.25, 0.3) is 5.56 Å². The topological polar surface area (TPSA) is 108 Å². The highest BCUT2D eigenvalue weighted by Crippen LogP contribution is 2.20. The number of aromatic amines is 1. The van der Waals surface area contributed by atoms with Crippen molar-refractivity contribution in [1.82, 2.24) is 15.2 Å². The molecule has 0 bridgehead atoms. The normalized spacial score (nSPS) is 13.0. The number of benzene rings is 2. The van der Waals surface area contributed by atoms with Crippen molar-refractivity contribution in [1.29, 1.82) is 0 Å². The highest BCUT2D eigenvalue weighted by molar-refractivity contribution is 6.02. The number of H-pyrrole nitrogens is 1. The number of nitrogens with one attached hydrogen (secondary N) is 2. The third-order valence-electron chi connectivity index (χ3n) is 4.88. The van der Waals surface area contributed by atoms with E-state index in [9.17, 15) is 14.4 Å². The fourth-order valence-electron chi connectivity index (χ4n) is 3.31. The van der Waals surface area contributed by atoms with E-state index in [0.717, 1.165) is 16.8 Å². The van der Waals surface area contributed by atoms with Crippen LogP contribution in [0.5, 0.6) is 0 Å². The summed E-state index contributed by atoms with van der Waals surface area (Å²) in [4.78, 5) is 35.9. The number of carbonyl (C=O) groups excluding carboxylic acids is 2. The maximum atomic E-state index is 12.4. The Morgan fingerprint density at radius 3 is 2.55 bits per heavy atom. The summed E-state index contributed by atoms with van der Waals surface area (Å²) < 4.78 is 0. The van der Waals surface area contributed by atoms with E-state index in [-0.39, 0.29) is 30.2 Å². The molecule has 0 saturated heterocycles. The van der Waals surface area contributed by atoms with E-state index in [0.29, 0.717) is 24.3 Å². The molecule has 1 aliphatic heterocycles. The molecule has 31 heavy (non-hydrogen) atoms. The predicted octanol–water partition coefficient (Wildman–Crippen LogP) is 2.79.